The highest BCUT2D eigenvalue weighted by atomic mass is 32.2. The highest BCUT2D eigenvalue weighted by Gasteiger charge is 2.42. The van der Waals surface area contributed by atoms with Crippen LogP contribution in [0.1, 0.15) is 17.5 Å². The van der Waals surface area contributed by atoms with Crippen LogP contribution in [-0.2, 0) is 14.8 Å². The summed E-state index contributed by atoms with van der Waals surface area (Å²) in [6.45, 7) is 4.04. The van der Waals surface area contributed by atoms with Gasteiger partial charge < -0.3 is 9.64 Å². The quantitative estimate of drug-likeness (QED) is 0.805. The van der Waals surface area contributed by atoms with Gasteiger partial charge in [0.25, 0.3) is 0 Å². The lowest BCUT2D eigenvalue weighted by molar-refractivity contribution is -0.0719. The molecule has 1 aromatic rings. The van der Waals surface area contributed by atoms with Gasteiger partial charge in [0.1, 0.15) is 11.0 Å². The van der Waals surface area contributed by atoms with Crippen LogP contribution in [-0.4, -0.2) is 63.1 Å². The molecule has 0 spiro atoms. The van der Waals surface area contributed by atoms with Gasteiger partial charge in [-0.2, -0.15) is 9.57 Å². The van der Waals surface area contributed by atoms with Crippen LogP contribution in [0.3, 0.4) is 0 Å². The normalized spacial score (nSPS) is 26.5. The lowest BCUT2D eigenvalue weighted by atomic mass is 10.0. The molecule has 2 aliphatic heterocycles. The molecule has 0 amide bonds. The van der Waals surface area contributed by atoms with Crippen molar-refractivity contribution >= 4 is 10.0 Å². The topological polar surface area (TPSA) is 73.6 Å². The average molecular weight is 335 g/mol. The molecule has 2 fully saturated rings. The van der Waals surface area contributed by atoms with E-state index in [4.69, 9.17) is 4.74 Å². The van der Waals surface area contributed by atoms with Crippen molar-refractivity contribution in [2.75, 3.05) is 33.3 Å². The van der Waals surface area contributed by atoms with Crippen molar-refractivity contribution in [3.05, 3.63) is 29.3 Å². The summed E-state index contributed by atoms with van der Waals surface area (Å²) in [7, 11) is -1.73. The fourth-order valence-corrected chi connectivity index (χ4v) is 5.26. The number of sulfonamides is 1. The minimum absolute atomic E-state index is 0.0648. The van der Waals surface area contributed by atoms with Gasteiger partial charge >= 0.3 is 0 Å². The monoisotopic (exact) mass is 335 g/mol. The summed E-state index contributed by atoms with van der Waals surface area (Å²) in [5, 5.41) is 9.37. The molecule has 7 heteroatoms. The maximum absolute atomic E-state index is 13.2. The van der Waals surface area contributed by atoms with Gasteiger partial charge in [-0.1, -0.05) is 12.1 Å². The SMILES string of the molecule is Cc1cccc(S(=O)(=O)N2CCO[C@@H]3CCN(C)C[C@@H]32)c1C#N. The summed E-state index contributed by atoms with van der Waals surface area (Å²) in [4.78, 5) is 2.23. The average Bonchev–Trinajstić information content (AvgIpc) is 2.53. The number of rotatable bonds is 2. The molecule has 2 atom stereocenters. The van der Waals surface area contributed by atoms with E-state index in [-0.39, 0.29) is 22.6 Å². The zero-order valence-electron chi connectivity index (χ0n) is 13.4. The lowest BCUT2D eigenvalue weighted by Crippen LogP contribution is -2.60. The third-order valence-corrected chi connectivity index (χ3v) is 6.64. The maximum atomic E-state index is 13.2. The molecule has 23 heavy (non-hydrogen) atoms. The second kappa shape index (κ2) is 6.21. The Hall–Kier alpha value is -1.46. The number of benzene rings is 1. The van der Waals surface area contributed by atoms with Crippen LogP contribution in [0.25, 0.3) is 0 Å². The summed E-state index contributed by atoms with van der Waals surface area (Å²) in [5.74, 6) is 0. The van der Waals surface area contributed by atoms with E-state index in [1.54, 1.807) is 19.1 Å². The standard InChI is InChI=1S/C16H21N3O3S/c1-12-4-3-5-16(13(12)10-17)23(20,21)19-8-9-22-15-6-7-18(2)11-14(15)19/h3-5,14-15H,6-9,11H2,1-2H3/t14-,15+/m0/s1. The molecule has 124 valence electrons. The molecule has 0 N–H and O–H groups in total. The first-order chi connectivity index (χ1) is 10.9. The minimum Gasteiger partial charge on any atom is -0.375 e. The summed E-state index contributed by atoms with van der Waals surface area (Å²) in [5.41, 5.74) is 0.916. The minimum atomic E-state index is -3.72. The van der Waals surface area contributed by atoms with Crippen LogP contribution in [0, 0.1) is 18.3 Å². The molecule has 0 unspecified atom stereocenters. The van der Waals surface area contributed by atoms with Crippen LogP contribution in [0.15, 0.2) is 23.1 Å². The molecule has 2 aliphatic rings. The van der Waals surface area contributed by atoms with E-state index in [1.807, 2.05) is 13.1 Å². The smallest absolute Gasteiger partial charge is 0.244 e. The number of nitriles is 1. The molecule has 0 saturated carbocycles. The molecule has 0 aromatic heterocycles. The van der Waals surface area contributed by atoms with Crippen LogP contribution >= 0.6 is 0 Å². The van der Waals surface area contributed by atoms with Crippen molar-refractivity contribution in [1.82, 2.24) is 9.21 Å². The summed E-state index contributed by atoms with van der Waals surface area (Å²) in [6, 6.07) is 6.82. The Morgan fingerprint density at radius 3 is 2.87 bits per heavy atom. The molecule has 3 rings (SSSR count). The number of nitrogens with zero attached hydrogens (tertiary/aromatic N) is 3. The van der Waals surface area contributed by atoms with Gasteiger partial charge in [-0.05, 0) is 32.0 Å². The Kier molecular flexibility index (Phi) is 4.43. The van der Waals surface area contributed by atoms with Gasteiger partial charge in [0.05, 0.1) is 24.3 Å². The molecule has 0 radical (unpaired) electrons. The number of hydrogen-bond acceptors (Lipinski definition) is 5. The zero-order chi connectivity index (χ0) is 16.6. The van der Waals surface area contributed by atoms with Crippen molar-refractivity contribution < 1.29 is 13.2 Å². The predicted octanol–water partition coefficient (Wildman–Crippen LogP) is 0.960. The van der Waals surface area contributed by atoms with Gasteiger partial charge in [-0.3, -0.25) is 0 Å². The molecule has 0 bridgehead atoms. The van der Waals surface area contributed by atoms with E-state index in [0.29, 0.717) is 25.3 Å². The van der Waals surface area contributed by atoms with Crippen molar-refractivity contribution in [2.45, 2.75) is 30.4 Å². The number of likely N-dealkylation sites (N-methyl/N-ethyl adjacent to an activating group) is 1. The van der Waals surface area contributed by atoms with E-state index < -0.39 is 10.0 Å². The van der Waals surface area contributed by atoms with Crippen LogP contribution < -0.4 is 0 Å². The van der Waals surface area contributed by atoms with Crippen LogP contribution in [0.5, 0.6) is 0 Å². The number of aryl methyl sites for hydroxylation is 1. The molecule has 1 aromatic carbocycles. The van der Waals surface area contributed by atoms with Gasteiger partial charge in [0, 0.05) is 19.6 Å². The van der Waals surface area contributed by atoms with Crippen molar-refractivity contribution in [2.24, 2.45) is 0 Å². The lowest BCUT2D eigenvalue weighted by Gasteiger charge is -2.45. The predicted molar refractivity (Wildman–Crippen MR) is 85.4 cm³/mol. The number of fused-ring (bicyclic) bond motifs is 1. The Balaban J connectivity index is 2.02. The third-order valence-electron chi connectivity index (χ3n) is 4.67. The van der Waals surface area contributed by atoms with Gasteiger partial charge in [0.15, 0.2) is 0 Å². The third kappa shape index (κ3) is 2.88. The van der Waals surface area contributed by atoms with E-state index in [1.165, 1.54) is 10.4 Å². The van der Waals surface area contributed by atoms with E-state index >= 15 is 0 Å². The fourth-order valence-electron chi connectivity index (χ4n) is 3.42. The summed E-state index contributed by atoms with van der Waals surface area (Å²) < 4.78 is 33.7. The van der Waals surface area contributed by atoms with E-state index in [9.17, 15) is 13.7 Å². The highest BCUT2D eigenvalue weighted by molar-refractivity contribution is 7.89. The number of likely N-dealkylation sites (tertiary alicyclic amines) is 1. The van der Waals surface area contributed by atoms with Crippen LogP contribution in [0.4, 0.5) is 0 Å². The first-order valence-electron chi connectivity index (χ1n) is 7.77. The van der Waals surface area contributed by atoms with Gasteiger partial charge in [-0.25, -0.2) is 8.42 Å². The summed E-state index contributed by atoms with van der Waals surface area (Å²) >= 11 is 0. The van der Waals surface area contributed by atoms with E-state index in [0.717, 1.165) is 13.0 Å². The number of piperidine rings is 1. The Morgan fingerprint density at radius 2 is 2.13 bits per heavy atom. The second-order valence-electron chi connectivity index (χ2n) is 6.20. The van der Waals surface area contributed by atoms with Gasteiger partial charge in [0.2, 0.25) is 10.0 Å². The first kappa shape index (κ1) is 16.4. The number of hydrogen-bond donors (Lipinski definition) is 0. The Labute approximate surface area is 137 Å². The van der Waals surface area contributed by atoms with Crippen molar-refractivity contribution in [3.63, 3.8) is 0 Å². The molecule has 2 saturated heterocycles. The van der Waals surface area contributed by atoms with E-state index in [2.05, 4.69) is 4.90 Å². The molecule has 2 heterocycles. The largest absolute Gasteiger partial charge is 0.375 e. The second-order valence-corrected chi connectivity index (χ2v) is 8.06. The molecule has 6 nitrogen and oxygen atoms in total. The number of ether oxygens (including phenoxy) is 1. The zero-order valence-corrected chi connectivity index (χ0v) is 14.2. The molecular formula is C16H21N3O3S. The van der Waals surface area contributed by atoms with Crippen LogP contribution in [0.2, 0.25) is 0 Å². The fraction of sp³-hybridized carbons (Fsp3) is 0.562. The Morgan fingerprint density at radius 1 is 1.35 bits per heavy atom. The Bertz CT molecular complexity index is 741. The molecular weight excluding hydrogens is 314 g/mol. The van der Waals surface area contributed by atoms with Crippen molar-refractivity contribution in [1.29, 1.82) is 5.26 Å². The molecule has 0 aliphatic carbocycles. The maximum Gasteiger partial charge on any atom is 0.244 e. The first-order valence-corrected chi connectivity index (χ1v) is 9.21. The van der Waals surface area contributed by atoms with Gasteiger partial charge in [-0.15, -0.1) is 0 Å². The summed E-state index contributed by atoms with van der Waals surface area (Å²) in [6.07, 6.45) is 0.761. The highest BCUT2D eigenvalue weighted by Crippen LogP contribution is 2.30. The number of morpholine rings is 1. The van der Waals surface area contributed by atoms with Crippen molar-refractivity contribution in [3.8, 4) is 6.07 Å².